The third kappa shape index (κ3) is 16.9. The van der Waals surface area contributed by atoms with E-state index in [1.165, 1.54) is 5.56 Å². The Bertz CT molecular complexity index is 1220. The first-order valence-electron chi connectivity index (χ1n) is 16.1. The fourth-order valence-corrected chi connectivity index (χ4v) is 4.04. The van der Waals surface area contributed by atoms with Crippen molar-refractivity contribution in [2.45, 2.75) is 33.1 Å². The van der Waals surface area contributed by atoms with E-state index in [1.54, 1.807) is 13.8 Å². The molecular formula is C37H52O11. The van der Waals surface area contributed by atoms with Gasteiger partial charge in [-0.25, -0.2) is 9.59 Å². The van der Waals surface area contributed by atoms with Crippen molar-refractivity contribution < 1.29 is 52.2 Å². The summed E-state index contributed by atoms with van der Waals surface area (Å²) in [5.41, 5.74) is 2.85. The molecule has 0 aromatic heterocycles. The minimum absolute atomic E-state index is 0.191. The van der Waals surface area contributed by atoms with Gasteiger partial charge in [-0.3, -0.25) is 0 Å². The Balaban J connectivity index is 1.53. The van der Waals surface area contributed by atoms with E-state index >= 15 is 0 Å². The van der Waals surface area contributed by atoms with Gasteiger partial charge in [-0.1, -0.05) is 51.3 Å². The summed E-state index contributed by atoms with van der Waals surface area (Å²) in [6, 6.07) is 16.2. The zero-order valence-electron chi connectivity index (χ0n) is 28.9. The molecule has 48 heavy (non-hydrogen) atoms. The molecule has 0 aliphatic rings. The van der Waals surface area contributed by atoms with Gasteiger partial charge in [-0.2, -0.15) is 0 Å². The summed E-state index contributed by atoms with van der Waals surface area (Å²) in [7, 11) is 0. The molecule has 0 saturated heterocycles. The lowest BCUT2D eigenvalue weighted by Gasteiger charge is -2.26. The molecule has 0 aliphatic carbocycles. The van der Waals surface area contributed by atoms with Crippen molar-refractivity contribution in [2.75, 3.05) is 92.5 Å². The first-order valence-corrected chi connectivity index (χ1v) is 16.1. The molecule has 0 amide bonds. The van der Waals surface area contributed by atoms with Crippen LogP contribution in [0.4, 0.5) is 0 Å². The Morgan fingerprint density at radius 2 is 0.750 bits per heavy atom. The maximum Gasteiger partial charge on any atom is 0.333 e. The number of hydrogen-bond donors (Lipinski definition) is 0. The fourth-order valence-electron chi connectivity index (χ4n) is 4.04. The summed E-state index contributed by atoms with van der Waals surface area (Å²) in [6.45, 7) is 20.0. The molecule has 2 aromatic rings. The Hall–Kier alpha value is -3.74. The number of ether oxygens (including phenoxy) is 9. The van der Waals surface area contributed by atoms with Crippen molar-refractivity contribution >= 4 is 11.9 Å². The molecule has 0 bridgehead atoms. The number of carbonyl (C=O) groups excluding carboxylic acids is 2. The van der Waals surface area contributed by atoms with Crippen molar-refractivity contribution in [3.63, 3.8) is 0 Å². The fraction of sp³-hybridized carbons (Fsp3) is 0.514. The average molecular weight is 673 g/mol. The van der Waals surface area contributed by atoms with Gasteiger partial charge in [0.2, 0.25) is 0 Å². The van der Waals surface area contributed by atoms with Crippen LogP contribution in [0.25, 0.3) is 0 Å². The van der Waals surface area contributed by atoms with Gasteiger partial charge in [0.15, 0.2) is 0 Å². The molecule has 266 valence electrons. The van der Waals surface area contributed by atoms with Crippen molar-refractivity contribution in [2.24, 2.45) is 0 Å². The highest BCUT2D eigenvalue weighted by Crippen LogP contribution is 2.33. The number of carbonyl (C=O) groups is 2. The molecular weight excluding hydrogens is 620 g/mol. The predicted molar refractivity (Wildman–Crippen MR) is 182 cm³/mol. The summed E-state index contributed by atoms with van der Waals surface area (Å²) in [5.74, 6) is 0.722. The Kier molecular flexibility index (Phi) is 19.8. The highest BCUT2D eigenvalue weighted by Gasteiger charge is 2.23. The van der Waals surface area contributed by atoms with Crippen LogP contribution in [0.2, 0.25) is 0 Å². The van der Waals surface area contributed by atoms with E-state index in [1.807, 2.05) is 24.3 Å². The van der Waals surface area contributed by atoms with Crippen molar-refractivity contribution in [1.82, 2.24) is 0 Å². The van der Waals surface area contributed by atoms with Gasteiger partial charge in [0.05, 0.1) is 66.1 Å². The second-order valence-electron chi connectivity index (χ2n) is 11.3. The Morgan fingerprint density at radius 1 is 0.479 bits per heavy atom. The van der Waals surface area contributed by atoms with Gasteiger partial charge >= 0.3 is 11.9 Å². The van der Waals surface area contributed by atoms with Crippen LogP contribution in [0.3, 0.4) is 0 Å². The molecule has 11 heteroatoms. The predicted octanol–water partition coefficient (Wildman–Crippen LogP) is 5.09. The number of esters is 2. The normalized spacial score (nSPS) is 11.2. The molecule has 0 radical (unpaired) electrons. The van der Waals surface area contributed by atoms with Crippen LogP contribution in [0, 0.1) is 0 Å². The zero-order chi connectivity index (χ0) is 35.0. The van der Waals surface area contributed by atoms with Crippen LogP contribution in [0.5, 0.6) is 11.5 Å². The molecule has 0 fully saturated rings. The van der Waals surface area contributed by atoms with Gasteiger partial charge in [0.1, 0.15) is 37.9 Å². The summed E-state index contributed by atoms with van der Waals surface area (Å²) >= 11 is 0. The summed E-state index contributed by atoms with van der Waals surface area (Å²) < 4.78 is 48.8. The lowest BCUT2D eigenvalue weighted by Crippen LogP contribution is -2.19. The molecule has 0 heterocycles. The van der Waals surface area contributed by atoms with Crippen LogP contribution in [-0.2, 0) is 48.2 Å². The van der Waals surface area contributed by atoms with E-state index in [2.05, 4.69) is 51.3 Å². The van der Waals surface area contributed by atoms with Gasteiger partial charge in [-0.05, 0) is 49.2 Å². The largest absolute Gasteiger partial charge is 0.491 e. The maximum absolute atomic E-state index is 11.3. The Morgan fingerprint density at radius 3 is 1.04 bits per heavy atom. The van der Waals surface area contributed by atoms with Crippen molar-refractivity contribution in [3.05, 3.63) is 84.0 Å². The average Bonchev–Trinajstić information content (AvgIpc) is 3.07. The first-order chi connectivity index (χ1) is 23.1. The highest BCUT2D eigenvalue weighted by atomic mass is 16.6. The van der Waals surface area contributed by atoms with Crippen molar-refractivity contribution in [3.8, 4) is 11.5 Å². The third-order valence-electron chi connectivity index (χ3n) is 6.88. The summed E-state index contributed by atoms with van der Waals surface area (Å²) in [5, 5.41) is 0. The molecule has 0 unspecified atom stereocenters. The van der Waals surface area contributed by atoms with Gasteiger partial charge in [-0.15, -0.1) is 0 Å². The Labute approximate surface area is 285 Å². The number of rotatable bonds is 27. The molecule has 11 nitrogen and oxygen atoms in total. The van der Waals surface area contributed by atoms with Crippen LogP contribution < -0.4 is 9.47 Å². The molecule has 2 aromatic carbocycles. The van der Waals surface area contributed by atoms with Crippen LogP contribution in [-0.4, -0.2) is 104 Å². The topological polar surface area (TPSA) is 117 Å². The van der Waals surface area contributed by atoms with Crippen LogP contribution >= 0.6 is 0 Å². The lowest BCUT2D eigenvalue weighted by atomic mass is 9.78. The van der Waals surface area contributed by atoms with E-state index in [4.69, 9.17) is 42.6 Å². The van der Waals surface area contributed by atoms with Crippen LogP contribution in [0.15, 0.2) is 72.8 Å². The van der Waals surface area contributed by atoms with Crippen LogP contribution in [0.1, 0.15) is 38.8 Å². The van der Waals surface area contributed by atoms with Gasteiger partial charge in [0.25, 0.3) is 0 Å². The molecule has 0 atom stereocenters. The quantitative estimate of drug-likeness (QED) is 0.0718. The maximum atomic E-state index is 11.3. The highest BCUT2D eigenvalue weighted by molar-refractivity contribution is 5.87. The zero-order valence-corrected chi connectivity index (χ0v) is 28.9. The molecule has 0 N–H and O–H groups in total. The smallest absolute Gasteiger partial charge is 0.333 e. The second-order valence-corrected chi connectivity index (χ2v) is 11.3. The van der Waals surface area contributed by atoms with Gasteiger partial charge < -0.3 is 42.6 Å². The molecule has 2 rings (SSSR count). The SMILES string of the molecule is C=C(C)C(=O)OCCOCCOCCOCCOc1ccc(C(C)(C)c2ccc(OCCOCCOCCOC(=O)C(=C)C)cc2)cc1. The van der Waals surface area contributed by atoms with E-state index in [0.29, 0.717) is 90.4 Å². The monoisotopic (exact) mass is 672 g/mol. The van der Waals surface area contributed by atoms with E-state index in [-0.39, 0.29) is 18.6 Å². The first kappa shape index (κ1) is 40.4. The number of hydrogen-bond acceptors (Lipinski definition) is 11. The summed E-state index contributed by atoms with van der Waals surface area (Å²) in [6.07, 6.45) is 0. The van der Waals surface area contributed by atoms with E-state index < -0.39 is 11.9 Å². The van der Waals surface area contributed by atoms with Crippen molar-refractivity contribution in [1.29, 1.82) is 0 Å². The molecule has 0 saturated carbocycles. The third-order valence-corrected chi connectivity index (χ3v) is 6.88. The molecule has 0 aliphatic heterocycles. The van der Waals surface area contributed by atoms with Gasteiger partial charge in [0, 0.05) is 16.6 Å². The minimum Gasteiger partial charge on any atom is -0.491 e. The summed E-state index contributed by atoms with van der Waals surface area (Å²) in [4.78, 5) is 22.5. The standard InChI is InChI=1S/C37H52O11/c1-29(2)35(38)47-27-23-43-18-16-40-15-17-41-21-25-45-33-11-7-31(8-12-33)37(5,6)32-9-13-34(14-10-32)46-26-22-42-19-20-44-24-28-48-36(39)30(3)4/h7-14H,1,3,15-28H2,2,4-6H3. The second kappa shape index (κ2) is 23.6. The molecule has 0 spiro atoms. The van der Waals surface area contributed by atoms with E-state index in [9.17, 15) is 9.59 Å². The van der Waals surface area contributed by atoms with E-state index in [0.717, 1.165) is 17.1 Å². The lowest BCUT2D eigenvalue weighted by molar-refractivity contribution is -0.141. The number of benzene rings is 2. The minimum atomic E-state index is -0.416.